The Hall–Kier alpha value is -0.180. The number of halogens is 2. The summed E-state index contributed by atoms with van der Waals surface area (Å²) in [6.07, 6.45) is 8.48. The number of carbonyl (C=O) groups is 1. The van der Waals surface area contributed by atoms with Crippen LogP contribution in [-0.2, 0) is 24.9 Å². The van der Waals surface area contributed by atoms with Gasteiger partial charge in [-0.1, -0.05) is 0 Å². The van der Waals surface area contributed by atoms with Crippen molar-refractivity contribution in [3.63, 3.8) is 0 Å². The molecule has 6 atom stereocenters. The quantitative estimate of drug-likeness (QED) is 0.239. The molecule has 1 amide bonds. The third kappa shape index (κ3) is 7.47. The first-order valence-corrected chi connectivity index (χ1v) is 18.1. The van der Waals surface area contributed by atoms with Crippen molar-refractivity contribution < 1.29 is 30.8 Å². The van der Waals surface area contributed by atoms with Crippen molar-refractivity contribution in [1.29, 1.82) is 0 Å². The molecule has 36 heavy (non-hydrogen) atoms. The van der Waals surface area contributed by atoms with E-state index >= 15 is 0 Å². The van der Waals surface area contributed by atoms with Gasteiger partial charge in [0.25, 0.3) is 16.0 Å². The summed E-state index contributed by atoms with van der Waals surface area (Å²) in [4.78, 5) is 14.8. The molecule has 4 aliphatic rings. The normalized spacial score (nSPS) is 34.1. The van der Waals surface area contributed by atoms with Gasteiger partial charge in [-0.05, 0) is 50.3 Å². The lowest BCUT2D eigenvalue weighted by Gasteiger charge is -2.34. The molecule has 2 heterocycles. The van der Waals surface area contributed by atoms with Crippen LogP contribution in [0.3, 0.4) is 0 Å². The zero-order valence-electron chi connectivity index (χ0n) is 19.9. The zero-order chi connectivity index (χ0) is 26.3. The molecule has 0 aromatic heterocycles. The second-order valence-electron chi connectivity index (χ2n) is 9.85. The summed E-state index contributed by atoms with van der Waals surface area (Å²) in [5.74, 6) is -0.901. The lowest BCUT2D eigenvalue weighted by Crippen LogP contribution is -2.43. The fourth-order valence-corrected chi connectivity index (χ4v) is 10.1. The van der Waals surface area contributed by atoms with E-state index in [1.54, 1.807) is 23.5 Å². The van der Waals surface area contributed by atoms with Crippen LogP contribution in [0.15, 0.2) is 11.1 Å². The molecule has 15 heteroatoms. The van der Waals surface area contributed by atoms with Gasteiger partial charge in [0.15, 0.2) is 6.04 Å². The first kappa shape index (κ1) is 28.8. The SMILES string of the molecule is CS(=O)(=O)NC(=O)C[N+]1=C(C=C2SC3CCC(Cl)CC3N2CCCS(=O)(=O)O)SC2CCC(Cl)CC21. The predicted molar refractivity (Wildman–Crippen MR) is 146 cm³/mol. The van der Waals surface area contributed by atoms with E-state index in [1.807, 2.05) is 4.58 Å². The monoisotopic (exact) mass is 620 g/mol. The molecule has 0 aromatic rings. The Morgan fingerprint density at radius 3 is 2.44 bits per heavy atom. The van der Waals surface area contributed by atoms with Gasteiger partial charge in [0.2, 0.25) is 21.6 Å². The molecular weight excluding hydrogens is 589 g/mol. The van der Waals surface area contributed by atoms with Gasteiger partial charge in [0.1, 0.15) is 0 Å². The molecule has 2 aliphatic carbocycles. The van der Waals surface area contributed by atoms with Crippen LogP contribution in [0.4, 0.5) is 0 Å². The number of rotatable bonds is 8. The van der Waals surface area contributed by atoms with Crippen molar-refractivity contribution in [3.8, 4) is 0 Å². The van der Waals surface area contributed by atoms with Gasteiger partial charge < -0.3 is 4.90 Å². The van der Waals surface area contributed by atoms with Gasteiger partial charge in [0, 0.05) is 41.1 Å². The molecule has 0 bridgehead atoms. The molecule has 204 valence electrons. The predicted octanol–water partition coefficient (Wildman–Crippen LogP) is 2.45. The highest BCUT2D eigenvalue weighted by Gasteiger charge is 2.48. The summed E-state index contributed by atoms with van der Waals surface area (Å²) in [6, 6.07) is 0.194. The maximum atomic E-state index is 12.6. The van der Waals surface area contributed by atoms with Crippen molar-refractivity contribution >= 4 is 77.8 Å². The van der Waals surface area contributed by atoms with E-state index in [2.05, 4.69) is 15.7 Å². The Morgan fingerprint density at radius 1 is 1.11 bits per heavy atom. The number of carbonyl (C=O) groups excluding carboxylic acids is 1. The van der Waals surface area contributed by atoms with Crippen LogP contribution in [0, 0.1) is 0 Å². The summed E-state index contributed by atoms with van der Waals surface area (Å²) >= 11 is 16.4. The molecule has 3 fully saturated rings. The van der Waals surface area contributed by atoms with E-state index in [4.69, 9.17) is 23.2 Å². The third-order valence-electron chi connectivity index (χ3n) is 6.95. The number of alkyl halides is 2. The molecule has 0 aromatic carbocycles. The molecule has 4 rings (SSSR count). The average Bonchev–Trinajstić information content (AvgIpc) is 3.24. The number of thioether (sulfide) groups is 2. The fourth-order valence-electron chi connectivity index (χ4n) is 5.46. The highest BCUT2D eigenvalue weighted by atomic mass is 35.5. The standard InChI is InChI=1S/C21H31Cl2N3O6S4/c1-35(28,29)24-19(27)12-26-16-10-14(23)4-6-18(16)34-21(26)11-20-25(7-2-8-36(30,31)32)15-9-13(22)3-5-17(15)33-20/h11,13-18H,2-10,12H2,1H3,(H-,24,27,30,31,32)/p+1. The van der Waals surface area contributed by atoms with Gasteiger partial charge in [-0.15, -0.1) is 35.0 Å². The maximum Gasteiger partial charge on any atom is 0.298 e. The van der Waals surface area contributed by atoms with E-state index in [1.165, 1.54) is 0 Å². The van der Waals surface area contributed by atoms with Crippen LogP contribution < -0.4 is 4.72 Å². The van der Waals surface area contributed by atoms with Crippen LogP contribution in [0.25, 0.3) is 0 Å². The fraction of sp³-hybridized carbons (Fsp3) is 0.810. The molecule has 0 spiro atoms. The van der Waals surface area contributed by atoms with Crippen molar-refractivity contribution in [1.82, 2.24) is 9.62 Å². The van der Waals surface area contributed by atoms with Crippen LogP contribution >= 0.6 is 46.7 Å². The van der Waals surface area contributed by atoms with Crippen molar-refractivity contribution in [3.05, 3.63) is 11.1 Å². The Labute approximate surface area is 231 Å². The van der Waals surface area contributed by atoms with E-state index in [0.29, 0.717) is 18.2 Å². The van der Waals surface area contributed by atoms with Crippen LogP contribution in [0.2, 0.25) is 0 Å². The van der Waals surface area contributed by atoms with E-state index in [9.17, 15) is 26.2 Å². The summed E-state index contributed by atoms with van der Waals surface area (Å²) < 4.78 is 59.1. The van der Waals surface area contributed by atoms with Crippen LogP contribution in [0.1, 0.15) is 44.9 Å². The second-order valence-corrected chi connectivity index (χ2v) is 16.9. The lowest BCUT2D eigenvalue weighted by molar-refractivity contribution is -0.550. The number of hydrogen-bond donors (Lipinski definition) is 2. The summed E-state index contributed by atoms with van der Waals surface area (Å²) in [5, 5.41) is 2.53. The largest absolute Gasteiger partial charge is 0.362 e. The van der Waals surface area contributed by atoms with E-state index < -0.39 is 26.0 Å². The lowest BCUT2D eigenvalue weighted by atomic mass is 9.93. The minimum absolute atomic E-state index is 0.000584. The number of hydrogen-bond acceptors (Lipinski definition) is 8. The smallest absolute Gasteiger partial charge is 0.298 e. The average molecular weight is 622 g/mol. The Bertz CT molecular complexity index is 1150. The third-order valence-corrected chi connectivity index (χ3v) is 12.0. The highest BCUT2D eigenvalue weighted by molar-refractivity contribution is 8.15. The maximum absolute atomic E-state index is 12.6. The summed E-state index contributed by atoms with van der Waals surface area (Å²) in [7, 11) is -7.73. The molecule has 9 nitrogen and oxygen atoms in total. The topological polar surface area (TPSA) is 124 Å². The van der Waals surface area contributed by atoms with Crippen molar-refractivity contribution in [2.75, 3.05) is 25.1 Å². The Morgan fingerprint density at radius 2 is 1.78 bits per heavy atom. The first-order chi connectivity index (χ1) is 16.8. The molecule has 2 saturated carbocycles. The highest BCUT2D eigenvalue weighted by Crippen LogP contribution is 2.48. The summed E-state index contributed by atoms with van der Waals surface area (Å²) in [5.41, 5.74) is 0. The second kappa shape index (κ2) is 11.5. The molecule has 6 unspecified atom stereocenters. The number of nitrogens with zero attached hydrogens (tertiary/aromatic N) is 2. The first-order valence-electron chi connectivity index (χ1n) is 12.0. The number of amides is 1. The van der Waals surface area contributed by atoms with Crippen molar-refractivity contribution in [2.45, 2.75) is 78.3 Å². The van der Waals surface area contributed by atoms with Crippen LogP contribution in [-0.4, -0.2) is 100 Å². The molecular formula is C21H32Cl2N3O6S4+. The minimum atomic E-state index is -4.06. The molecule has 2 N–H and O–H groups in total. The van der Waals surface area contributed by atoms with Gasteiger partial charge in [-0.2, -0.15) is 8.42 Å². The molecule has 1 saturated heterocycles. The summed E-state index contributed by atoms with van der Waals surface area (Å²) in [6.45, 7) is 0.376. The Balaban J connectivity index is 1.64. The van der Waals surface area contributed by atoms with Gasteiger partial charge in [-0.3, -0.25) is 9.35 Å². The van der Waals surface area contributed by atoms with Gasteiger partial charge >= 0.3 is 0 Å². The zero-order valence-corrected chi connectivity index (χ0v) is 24.7. The van der Waals surface area contributed by atoms with Gasteiger partial charge in [-0.25, -0.2) is 17.7 Å². The van der Waals surface area contributed by atoms with E-state index in [0.717, 1.165) is 48.4 Å². The molecule has 2 aliphatic heterocycles. The number of sulfonamides is 1. The molecule has 0 radical (unpaired) electrons. The van der Waals surface area contributed by atoms with Gasteiger partial charge in [0.05, 0.1) is 22.3 Å². The number of nitrogens with one attached hydrogen (secondary N) is 1. The van der Waals surface area contributed by atoms with Crippen molar-refractivity contribution in [2.24, 2.45) is 0 Å². The van der Waals surface area contributed by atoms with Crippen LogP contribution in [0.5, 0.6) is 0 Å². The van der Waals surface area contributed by atoms with E-state index in [-0.39, 0.29) is 46.8 Å². The minimum Gasteiger partial charge on any atom is -0.362 e. The number of fused-ring (bicyclic) bond motifs is 2. The Kier molecular flexibility index (Phi) is 9.22.